The normalized spacial score (nSPS) is 12.9. The molecule has 0 amide bonds. The van der Waals surface area contributed by atoms with Crippen LogP contribution in [0.15, 0.2) is 24.3 Å². The molecular formula is C15H25N. The summed E-state index contributed by atoms with van der Waals surface area (Å²) in [5.74, 6) is 0. The van der Waals surface area contributed by atoms with Crippen molar-refractivity contribution in [2.24, 2.45) is 5.73 Å². The third-order valence-corrected chi connectivity index (χ3v) is 3.89. The number of hydrogen-bond acceptors (Lipinski definition) is 1. The van der Waals surface area contributed by atoms with Crippen molar-refractivity contribution in [1.29, 1.82) is 0 Å². The van der Waals surface area contributed by atoms with Crippen LogP contribution in [0.1, 0.15) is 58.6 Å². The molecule has 1 rings (SSSR count). The first-order chi connectivity index (χ1) is 7.33. The average Bonchev–Trinajstić information content (AvgIpc) is 2.27. The molecule has 0 aliphatic heterocycles. The van der Waals surface area contributed by atoms with Crippen LogP contribution in [0.3, 0.4) is 0 Å². The minimum absolute atomic E-state index is 0.243. The molecule has 1 heteroatoms. The molecule has 0 fully saturated rings. The van der Waals surface area contributed by atoms with Crippen LogP contribution in [0.2, 0.25) is 0 Å². The van der Waals surface area contributed by atoms with Gasteiger partial charge in [-0.3, -0.25) is 0 Å². The number of benzene rings is 1. The predicted octanol–water partition coefficient (Wildman–Crippen LogP) is 3.96. The fourth-order valence-electron chi connectivity index (χ4n) is 1.96. The van der Waals surface area contributed by atoms with Crippen molar-refractivity contribution < 1.29 is 0 Å². The monoisotopic (exact) mass is 219 g/mol. The summed E-state index contributed by atoms with van der Waals surface area (Å²) in [6.07, 6.45) is 2.35. The van der Waals surface area contributed by atoms with Crippen molar-refractivity contribution in [3.05, 3.63) is 35.4 Å². The molecule has 0 radical (unpaired) electrons. The standard InChI is InChI=1S/C15H25N/c1-6-15(5,7-2)13-10-8-12(9-11-13)14(3,4)16/h8-11H,6-7,16H2,1-5H3. The highest BCUT2D eigenvalue weighted by Crippen LogP contribution is 2.31. The summed E-state index contributed by atoms with van der Waals surface area (Å²) >= 11 is 0. The van der Waals surface area contributed by atoms with Crippen molar-refractivity contribution in [3.8, 4) is 0 Å². The van der Waals surface area contributed by atoms with Gasteiger partial charge in [0.15, 0.2) is 0 Å². The van der Waals surface area contributed by atoms with Crippen LogP contribution < -0.4 is 5.73 Å². The Kier molecular flexibility index (Phi) is 3.80. The summed E-state index contributed by atoms with van der Waals surface area (Å²) in [7, 11) is 0. The van der Waals surface area contributed by atoms with Crippen LogP contribution in [0.4, 0.5) is 0 Å². The van der Waals surface area contributed by atoms with Crippen molar-refractivity contribution in [2.75, 3.05) is 0 Å². The van der Waals surface area contributed by atoms with Gasteiger partial charge in [-0.1, -0.05) is 45.0 Å². The molecule has 0 aliphatic carbocycles. The molecule has 2 N–H and O–H groups in total. The van der Waals surface area contributed by atoms with Gasteiger partial charge in [0.2, 0.25) is 0 Å². The molecule has 0 spiro atoms. The zero-order valence-electron chi connectivity index (χ0n) is 11.3. The van der Waals surface area contributed by atoms with Gasteiger partial charge in [0.05, 0.1) is 0 Å². The van der Waals surface area contributed by atoms with Crippen molar-refractivity contribution >= 4 is 0 Å². The maximum Gasteiger partial charge on any atom is 0.0352 e. The third kappa shape index (κ3) is 2.65. The average molecular weight is 219 g/mol. The maximum atomic E-state index is 6.08. The Morgan fingerprint density at radius 3 is 1.56 bits per heavy atom. The molecule has 16 heavy (non-hydrogen) atoms. The maximum absolute atomic E-state index is 6.08. The summed E-state index contributed by atoms with van der Waals surface area (Å²) in [6.45, 7) is 10.9. The van der Waals surface area contributed by atoms with E-state index in [1.807, 2.05) is 13.8 Å². The molecule has 0 bridgehead atoms. The van der Waals surface area contributed by atoms with Crippen LogP contribution in [0, 0.1) is 0 Å². The zero-order valence-corrected chi connectivity index (χ0v) is 11.3. The topological polar surface area (TPSA) is 26.0 Å². The van der Waals surface area contributed by atoms with Crippen molar-refractivity contribution in [2.45, 2.75) is 58.4 Å². The lowest BCUT2D eigenvalue weighted by Crippen LogP contribution is -2.29. The Morgan fingerprint density at radius 2 is 1.25 bits per heavy atom. The minimum Gasteiger partial charge on any atom is -0.322 e. The van der Waals surface area contributed by atoms with Crippen LogP contribution in [0.25, 0.3) is 0 Å². The lowest BCUT2D eigenvalue weighted by molar-refractivity contribution is 0.438. The first kappa shape index (κ1) is 13.2. The third-order valence-electron chi connectivity index (χ3n) is 3.89. The van der Waals surface area contributed by atoms with Gasteiger partial charge in [-0.25, -0.2) is 0 Å². The fraction of sp³-hybridized carbons (Fsp3) is 0.600. The van der Waals surface area contributed by atoms with E-state index < -0.39 is 0 Å². The van der Waals surface area contributed by atoms with E-state index >= 15 is 0 Å². The molecule has 0 unspecified atom stereocenters. The van der Waals surface area contributed by atoms with Crippen molar-refractivity contribution in [3.63, 3.8) is 0 Å². The Labute approximate surface area is 100 Å². The second-order valence-electron chi connectivity index (χ2n) is 5.57. The summed E-state index contributed by atoms with van der Waals surface area (Å²) in [5.41, 5.74) is 8.76. The summed E-state index contributed by atoms with van der Waals surface area (Å²) < 4.78 is 0. The van der Waals surface area contributed by atoms with Crippen molar-refractivity contribution in [1.82, 2.24) is 0 Å². The highest BCUT2D eigenvalue weighted by atomic mass is 14.7. The van der Waals surface area contributed by atoms with E-state index in [4.69, 9.17) is 5.73 Å². The van der Waals surface area contributed by atoms with E-state index in [2.05, 4.69) is 45.0 Å². The van der Waals surface area contributed by atoms with E-state index in [-0.39, 0.29) is 5.54 Å². The van der Waals surface area contributed by atoms with Gasteiger partial charge in [-0.2, -0.15) is 0 Å². The second kappa shape index (κ2) is 4.58. The first-order valence-electron chi connectivity index (χ1n) is 6.23. The first-order valence-corrected chi connectivity index (χ1v) is 6.23. The predicted molar refractivity (Wildman–Crippen MR) is 71.6 cm³/mol. The SMILES string of the molecule is CCC(C)(CC)c1ccc(C(C)(C)N)cc1. The molecule has 1 aromatic carbocycles. The molecule has 0 aliphatic rings. The molecule has 1 nitrogen and oxygen atoms in total. The van der Waals surface area contributed by atoms with Gasteiger partial charge < -0.3 is 5.73 Å². The van der Waals surface area contributed by atoms with Gasteiger partial charge in [0.25, 0.3) is 0 Å². The molecule has 0 saturated carbocycles. The highest BCUT2D eigenvalue weighted by Gasteiger charge is 2.22. The summed E-state index contributed by atoms with van der Waals surface area (Å²) in [5, 5.41) is 0. The molecule has 1 aromatic rings. The number of nitrogens with two attached hydrogens (primary N) is 1. The number of hydrogen-bond donors (Lipinski definition) is 1. The van der Waals surface area contributed by atoms with Gasteiger partial charge in [0.1, 0.15) is 0 Å². The van der Waals surface area contributed by atoms with Gasteiger partial charge >= 0.3 is 0 Å². The Hall–Kier alpha value is -0.820. The molecule has 0 saturated heterocycles. The van der Waals surface area contributed by atoms with E-state index in [1.54, 1.807) is 0 Å². The smallest absolute Gasteiger partial charge is 0.0352 e. The molecule has 0 atom stereocenters. The Balaban J connectivity index is 3.04. The van der Waals surface area contributed by atoms with Gasteiger partial charge in [0, 0.05) is 5.54 Å². The lowest BCUT2D eigenvalue weighted by atomic mass is 9.77. The quantitative estimate of drug-likeness (QED) is 0.815. The fourth-order valence-corrected chi connectivity index (χ4v) is 1.96. The van der Waals surface area contributed by atoms with Crippen LogP contribution in [0.5, 0.6) is 0 Å². The van der Waals surface area contributed by atoms with Gasteiger partial charge in [-0.05, 0) is 43.2 Å². The van der Waals surface area contributed by atoms with Crippen LogP contribution in [-0.2, 0) is 11.0 Å². The lowest BCUT2D eigenvalue weighted by Gasteiger charge is -2.28. The van der Waals surface area contributed by atoms with E-state index in [1.165, 1.54) is 24.0 Å². The van der Waals surface area contributed by atoms with Gasteiger partial charge in [-0.15, -0.1) is 0 Å². The summed E-state index contributed by atoms with van der Waals surface area (Å²) in [6, 6.07) is 8.80. The zero-order chi connectivity index (χ0) is 12.4. The second-order valence-corrected chi connectivity index (χ2v) is 5.57. The molecular weight excluding hydrogens is 194 g/mol. The highest BCUT2D eigenvalue weighted by molar-refractivity contribution is 5.31. The largest absolute Gasteiger partial charge is 0.322 e. The van der Waals surface area contributed by atoms with E-state index in [0.717, 1.165) is 0 Å². The summed E-state index contributed by atoms with van der Waals surface area (Å²) in [4.78, 5) is 0. The van der Waals surface area contributed by atoms with Crippen LogP contribution >= 0.6 is 0 Å². The number of rotatable bonds is 4. The Morgan fingerprint density at radius 1 is 0.875 bits per heavy atom. The van der Waals surface area contributed by atoms with E-state index in [0.29, 0.717) is 5.41 Å². The Bertz CT molecular complexity index is 325. The molecule has 0 aromatic heterocycles. The molecule has 0 heterocycles. The molecule has 90 valence electrons. The minimum atomic E-state index is -0.243. The van der Waals surface area contributed by atoms with Crippen LogP contribution in [-0.4, -0.2) is 0 Å². The van der Waals surface area contributed by atoms with E-state index in [9.17, 15) is 0 Å².